The van der Waals surface area contributed by atoms with Gasteiger partial charge in [0.25, 0.3) is 0 Å². The van der Waals surface area contributed by atoms with Crippen LogP contribution < -0.4 is 14.8 Å². The maximum Gasteiger partial charge on any atom is 0.162 e. The van der Waals surface area contributed by atoms with Gasteiger partial charge in [-0.3, -0.25) is 9.78 Å². The standard InChI is InChI=1S/C30H26N2O3/c1-34-20-10-13-27(35-2)22(17-20)29-28-21-9-6-14-31-23(21)11-12-24(28)32-25-15-19(16-26(33)30(25)29)18-7-4-3-5-8-18/h3-14,17,19,29,32H,15-16H2,1-2H3/t19-,29+/m0/s1. The van der Waals surface area contributed by atoms with Gasteiger partial charge in [-0.15, -0.1) is 0 Å². The Labute approximate surface area is 204 Å². The number of carbonyl (C=O) groups is 1. The normalized spacial score (nSPS) is 19.1. The van der Waals surface area contributed by atoms with Crippen molar-refractivity contribution in [3.05, 3.63) is 107 Å². The third-order valence-electron chi connectivity index (χ3n) is 7.22. The molecule has 174 valence electrons. The molecule has 0 radical (unpaired) electrons. The predicted octanol–water partition coefficient (Wildman–Crippen LogP) is 6.21. The minimum atomic E-state index is -0.288. The van der Waals surface area contributed by atoms with Crippen molar-refractivity contribution < 1.29 is 14.3 Å². The highest BCUT2D eigenvalue weighted by molar-refractivity contribution is 6.04. The summed E-state index contributed by atoms with van der Waals surface area (Å²) < 4.78 is 11.4. The topological polar surface area (TPSA) is 60.5 Å². The lowest BCUT2D eigenvalue weighted by Crippen LogP contribution is -2.30. The minimum absolute atomic E-state index is 0.145. The molecule has 0 fully saturated rings. The summed E-state index contributed by atoms with van der Waals surface area (Å²) in [5.41, 5.74) is 6.86. The number of carbonyl (C=O) groups excluding carboxylic acids is 1. The molecule has 0 spiro atoms. The summed E-state index contributed by atoms with van der Waals surface area (Å²) in [5.74, 6) is 1.48. The SMILES string of the molecule is COc1ccc(OC)c([C@H]2C3=C(C[C@H](c4ccccc4)CC3=O)Nc3ccc4ncccc4c32)c1. The second-order valence-corrected chi connectivity index (χ2v) is 9.09. The molecule has 0 amide bonds. The molecule has 4 aromatic rings. The van der Waals surface area contributed by atoms with E-state index in [4.69, 9.17) is 9.47 Å². The monoisotopic (exact) mass is 462 g/mol. The molecule has 5 nitrogen and oxygen atoms in total. The predicted molar refractivity (Wildman–Crippen MR) is 137 cm³/mol. The summed E-state index contributed by atoms with van der Waals surface area (Å²) in [6.07, 6.45) is 3.05. The zero-order chi connectivity index (χ0) is 23.9. The van der Waals surface area contributed by atoms with E-state index in [0.29, 0.717) is 6.42 Å². The van der Waals surface area contributed by atoms with Crippen molar-refractivity contribution in [1.82, 2.24) is 4.98 Å². The zero-order valence-corrected chi connectivity index (χ0v) is 19.7. The summed E-state index contributed by atoms with van der Waals surface area (Å²) in [4.78, 5) is 18.5. The van der Waals surface area contributed by atoms with Crippen LogP contribution in [0.15, 0.2) is 90.3 Å². The Morgan fingerprint density at radius 3 is 2.57 bits per heavy atom. The third kappa shape index (κ3) is 3.55. The number of nitrogens with zero attached hydrogens (tertiary/aromatic N) is 1. The first-order valence-corrected chi connectivity index (χ1v) is 11.9. The molecule has 6 rings (SSSR count). The Hall–Kier alpha value is -4.12. The molecule has 1 aliphatic heterocycles. The Bertz CT molecular complexity index is 1480. The van der Waals surface area contributed by atoms with Gasteiger partial charge in [0, 0.05) is 46.4 Å². The fraction of sp³-hybridized carbons (Fsp3) is 0.200. The Morgan fingerprint density at radius 2 is 1.77 bits per heavy atom. The molecule has 2 heterocycles. The number of pyridine rings is 1. The van der Waals surface area contributed by atoms with E-state index in [2.05, 4.69) is 34.6 Å². The number of Topliss-reactive ketones (excluding diaryl/α,β-unsaturated/α-hetero) is 1. The quantitative estimate of drug-likeness (QED) is 0.391. The van der Waals surface area contributed by atoms with Gasteiger partial charge in [-0.05, 0) is 59.9 Å². The Balaban J connectivity index is 1.60. The van der Waals surface area contributed by atoms with Gasteiger partial charge in [0.2, 0.25) is 0 Å². The number of rotatable bonds is 4. The Morgan fingerprint density at radius 1 is 0.914 bits per heavy atom. The molecule has 0 saturated carbocycles. The van der Waals surface area contributed by atoms with Crippen LogP contribution in [0.4, 0.5) is 5.69 Å². The van der Waals surface area contributed by atoms with Gasteiger partial charge >= 0.3 is 0 Å². The van der Waals surface area contributed by atoms with Gasteiger partial charge < -0.3 is 14.8 Å². The minimum Gasteiger partial charge on any atom is -0.497 e. The van der Waals surface area contributed by atoms with E-state index in [1.54, 1.807) is 20.4 Å². The van der Waals surface area contributed by atoms with Crippen molar-refractivity contribution in [2.24, 2.45) is 0 Å². The van der Waals surface area contributed by atoms with Crippen molar-refractivity contribution in [2.75, 3.05) is 19.5 Å². The van der Waals surface area contributed by atoms with Gasteiger partial charge in [0.1, 0.15) is 11.5 Å². The number of anilines is 1. The molecule has 0 saturated heterocycles. The summed E-state index contributed by atoms with van der Waals surface area (Å²) in [7, 11) is 3.32. The molecule has 1 aliphatic carbocycles. The zero-order valence-electron chi connectivity index (χ0n) is 19.7. The number of aromatic nitrogens is 1. The van der Waals surface area contributed by atoms with E-state index in [-0.39, 0.29) is 17.6 Å². The number of ether oxygens (including phenoxy) is 2. The van der Waals surface area contributed by atoms with Crippen molar-refractivity contribution >= 4 is 22.4 Å². The molecule has 1 N–H and O–H groups in total. The number of ketones is 1. The van der Waals surface area contributed by atoms with Crippen LogP contribution >= 0.6 is 0 Å². The van der Waals surface area contributed by atoms with E-state index < -0.39 is 0 Å². The molecule has 0 bridgehead atoms. The number of allylic oxidation sites excluding steroid dienone is 2. The lowest BCUT2D eigenvalue weighted by molar-refractivity contribution is -0.116. The molecule has 2 atom stereocenters. The van der Waals surface area contributed by atoms with E-state index in [1.807, 2.05) is 48.5 Å². The smallest absolute Gasteiger partial charge is 0.162 e. The van der Waals surface area contributed by atoms with Crippen LogP contribution in [-0.2, 0) is 4.79 Å². The van der Waals surface area contributed by atoms with Crippen LogP contribution in [0.3, 0.4) is 0 Å². The summed E-state index contributed by atoms with van der Waals surface area (Å²) in [5, 5.41) is 4.67. The van der Waals surface area contributed by atoms with Crippen LogP contribution in [0, 0.1) is 0 Å². The molecule has 1 aromatic heterocycles. The van der Waals surface area contributed by atoms with E-state index in [0.717, 1.165) is 56.9 Å². The lowest BCUT2D eigenvalue weighted by atomic mass is 9.71. The van der Waals surface area contributed by atoms with Crippen LogP contribution in [0.25, 0.3) is 10.9 Å². The number of nitrogens with one attached hydrogen (secondary N) is 1. The van der Waals surface area contributed by atoms with Crippen LogP contribution in [0.2, 0.25) is 0 Å². The highest BCUT2D eigenvalue weighted by Crippen LogP contribution is 2.52. The van der Waals surface area contributed by atoms with Gasteiger partial charge in [-0.25, -0.2) is 0 Å². The van der Waals surface area contributed by atoms with Crippen LogP contribution in [0.5, 0.6) is 11.5 Å². The third-order valence-corrected chi connectivity index (χ3v) is 7.22. The number of fused-ring (bicyclic) bond motifs is 3. The molecule has 3 aromatic carbocycles. The fourth-order valence-corrected chi connectivity index (χ4v) is 5.62. The highest BCUT2D eigenvalue weighted by Gasteiger charge is 2.40. The first-order valence-electron chi connectivity index (χ1n) is 11.9. The average molecular weight is 463 g/mol. The maximum absolute atomic E-state index is 13.9. The van der Waals surface area contributed by atoms with Gasteiger partial charge in [-0.2, -0.15) is 0 Å². The van der Waals surface area contributed by atoms with Gasteiger partial charge in [-0.1, -0.05) is 36.4 Å². The molecule has 5 heteroatoms. The molecular weight excluding hydrogens is 436 g/mol. The van der Waals surface area contributed by atoms with Crippen molar-refractivity contribution in [2.45, 2.75) is 24.7 Å². The first kappa shape index (κ1) is 21.4. The maximum atomic E-state index is 13.9. The number of benzene rings is 3. The second kappa shape index (κ2) is 8.58. The second-order valence-electron chi connectivity index (χ2n) is 9.09. The fourth-order valence-electron chi connectivity index (χ4n) is 5.62. The summed E-state index contributed by atoms with van der Waals surface area (Å²) in [6, 6.07) is 24.2. The molecule has 35 heavy (non-hydrogen) atoms. The Kier molecular flexibility index (Phi) is 5.25. The van der Waals surface area contributed by atoms with Crippen molar-refractivity contribution in [3.63, 3.8) is 0 Å². The average Bonchev–Trinajstić information content (AvgIpc) is 2.91. The van der Waals surface area contributed by atoms with E-state index in [9.17, 15) is 4.79 Å². The summed E-state index contributed by atoms with van der Waals surface area (Å²) in [6.45, 7) is 0. The molecule has 0 unspecified atom stereocenters. The van der Waals surface area contributed by atoms with Gasteiger partial charge in [0.05, 0.1) is 19.7 Å². The number of hydrogen-bond acceptors (Lipinski definition) is 5. The van der Waals surface area contributed by atoms with Crippen molar-refractivity contribution in [1.29, 1.82) is 0 Å². The van der Waals surface area contributed by atoms with E-state index in [1.165, 1.54) is 5.56 Å². The lowest BCUT2D eigenvalue weighted by Gasteiger charge is -2.37. The number of hydrogen-bond donors (Lipinski definition) is 1. The summed E-state index contributed by atoms with van der Waals surface area (Å²) >= 11 is 0. The highest BCUT2D eigenvalue weighted by atomic mass is 16.5. The molecule has 2 aliphatic rings. The van der Waals surface area contributed by atoms with Gasteiger partial charge in [0.15, 0.2) is 5.78 Å². The first-order chi connectivity index (χ1) is 17.2. The van der Waals surface area contributed by atoms with E-state index >= 15 is 0 Å². The number of methoxy groups -OCH3 is 2. The largest absolute Gasteiger partial charge is 0.497 e. The van der Waals surface area contributed by atoms with Crippen LogP contribution in [0.1, 0.15) is 41.4 Å². The molecular formula is C30H26N2O3. The van der Waals surface area contributed by atoms with Crippen LogP contribution in [-0.4, -0.2) is 25.0 Å². The van der Waals surface area contributed by atoms with Crippen molar-refractivity contribution in [3.8, 4) is 11.5 Å².